The minimum Gasteiger partial charge on any atom is -0.409 e. The Morgan fingerprint density at radius 2 is 2.12 bits per heavy atom. The van der Waals surface area contributed by atoms with Crippen molar-refractivity contribution in [2.75, 3.05) is 26.3 Å². The number of oxime groups is 1. The Kier molecular flexibility index (Phi) is 6.92. The highest BCUT2D eigenvalue weighted by molar-refractivity contribution is 5.79. The van der Waals surface area contributed by atoms with Gasteiger partial charge in [0.2, 0.25) is 0 Å². The summed E-state index contributed by atoms with van der Waals surface area (Å²) in [4.78, 5) is 0. The fraction of sp³-hybridized carbons (Fsp3) is 0.909. The molecular formula is C11H23N3O2. The quantitative estimate of drug-likeness (QED) is 0.171. The Balaban J connectivity index is 1.70. The summed E-state index contributed by atoms with van der Waals surface area (Å²) in [6.45, 7) is 3.67. The third-order valence-electron chi connectivity index (χ3n) is 2.61. The van der Waals surface area contributed by atoms with Crippen molar-refractivity contribution < 1.29 is 9.94 Å². The van der Waals surface area contributed by atoms with Crippen molar-refractivity contribution in [1.29, 1.82) is 0 Å². The van der Waals surface area contributed by atoms with Gasteiger partial charge < -0.3 is 21.0 Å². The molecule has 1 aliphatic carbocycles. The maximum Gasteiger partial charge on any atom is 0.139 e. The molecule has 0 aromatic carbocycles. The summed E-state index contributed by atoms with van der Waals surface area (Å²) >= 11 is 0. The summed E-state index contributed by atoms with van der Waals surface area (Å²) in [5.74, 6) is 1.16. The van der Waals surface area contributed by atoms with Gasteiger partial charge in [0.1, 0.15) is 5.84 Å². The highest BCUT2D eigenvalue weighted by Crippen LogP contribution is 2.28. The maximum absolute atomic E-state index is 8.31. The van der Waals surface area contributed by atoms with Crippen LogP contribution >= 0.6 is 0 Å². The molecule has 5 heteroatoms. The van der Waals surface area contributed by atoms with Crippen molar-refractivity contribution in [3.05, 3.63) is 0 Å². The van der Waals surface area contributed by atoms with E-state index in [-0.39, 0.29) is 0 Å². The third-order valence-corrected chi connectivity index (χ3v) is 2.61. The zero-order valence-corrected chi connectivity index (χ0v) is 9.82. The fourth-order valence-corrected chi connectivity index (χ4v) is 1.40. The zero-order chi connectivity index (χ0) is 11.6. The van der Waals surface area contributed by atoms with E-state index in [1.54, 1.807) is 0 Å². The van der Waals surface area contributed by atoms with Crippen molar-refractivity contribution >= 4 is 5.84 Å². The molecule has 0 radical (unpaired) electrons. The second-order valence-electron chi connectivity index (χ2n) is 4.32. The van der Waals surface area contributed by atoms with Crippen LogP contribution in [-0.4, -0.2) is 37.3 Å². The number of ether oxygens (including phenoxy) is 1. The van der Waals surface area contributed by atoms with Crippen LogP contribution < -0.4 is 11.1 Å². The largest absolute Gasteiger partial charge is 0.409 e. The van der Waals surface area contributed by atoms with Gasteiger partial charge in [-0.15, -0.1) is 0 Å². The van der Waals surface area contributed by atoms with Crippen LogP contribution in [0.1, 0.15) is 32.1 Å². The van der Waals surface area contributed by atoms with E-state index < -0.39 is 0 Å². The predicted molar refractivity (Wildman–Crippen MR) is 63.7 cm³/mol. The summed E-state index contributed by atoms with van der Waals surface area (Å²) < 4.78 is 5.51. The van der Waals surface area contributed by atoms with Gasteiger partial charge in [-0.1, -0.05) is 5.16 Å². The van der Waals surface area contributed by atoms with E-state index in [0.717, 1.165) is 45.1 Å². The molecule has 4 N–H and O–H groups in total. The highest BCUT2D eigenvalue weighted by Gasteiger charge is 2.20. The molecule has 0 saturated heterocycles. The molecule has 1 fully saturated rings. The minimum absolute atomic E-state index is 0.301. The highest BCUT2D eigenvalue weighted by atomic mass is 16.5. The van der Waals surface area contributed by atoms with E-state index in [2.05, 4.69) is 10.5 Å². The molecule has 0 unspecified atom stereocenters. The predicted octanol–water partition coefficient (Wildman–Crippen LogP) is 0.919. The molecule has 0 aromatic rings. The smallest absolute Gasteiger partial charge is 0.139 e. The number of nitrogens with zero attached hydrogens (tertiary/aromatic N) is 1. The average molecular weight is 229 g/mol. The van der Waals surface area contributed by atoms with Crippen LogP contribution in [0.2, 0.25) is 0 Å². The van der Waals surface area contributed by atoms with Gasteiger partial charge in [0, 0.05) is 19.6 Å². The molecule has 0 amide bonds. The van der Waals surface area contributed by atoms with E-state index in [4.69, 9.17) is 15.7 Å². The van der Waals surface area contributed by atoms with Gasteiger partial charge in [0.05, 0.1) is 0 Å². The summed E-state index contributed by atoms with van der Waals surface area (Å²) in [5.41, 5.74) is 5.34. The molecule has 0 aliphatic heterocycles. The van der Waals surface area contributed by atoms with Crippen LogP contribution in [0.3, 0.4) is 0 Å². The van der Waals surface area contributed by atoms with Crippen LogP contribution in [0, 0.1) is 5.92 Å². The van der Waals surface area contributed by atoms with Gasteiger partial charge in [-0.25, -0.2) is 0 Å². The summed E-state index contributed by atoms with van der Waals surface area (Å²) in [6.07, 6.45) is 5.30. The van der Waals surface area contributed by atoms with Crippen LogP contribution in [0.5, 0.6) is 0 Å². The molecule has 16 heavy (non-hydrogen) atoms. The summed E-state index contributed by atoms with van der Waals surface area (Å²) in [7, 11) is 0. The normalized spacial score (nSPS) is 16.6. The minimum atomic E-state index is 0.301. The van der Waals surface area contributed by atoms with Gasteiger partial charge in [0.15, 0.2) is 0 Å². The monoisotopic (exact) mass is 229 g/mol. The fourth-order valence-electron chi connectivity index (χ4n) is 1.40. The number of rotatable bonds is 10. The Bertz CT molecular complexity index is 205. The first kappa shape index (κ1) is 13.3. The lowest BCUT2D eigenvalue weighted by atomic mass is 10.3. The number of hydrogen-bond donors (Lipinski definition) is 3. The second kappa shape index (κ2) is 8.35. The molecule has 0 heterocycles. The molecule has 5 nitrogen and oxygen atoms in total. The van der Waals surface area contributed by atoms with Crippen molar-refractivity contribution in [3.63, 3.8) is 0 Å². The first-order chi connectivity index (χ1) is 7.83. The van der Waals surface area contributed by atoms with Gasteiger partial charge in [0.25, 0.3) is 0 Å². The lowest BCUT2D eigenvalue weighted by Gasteiger charge is -2.05. The second-order valence-corrected chi connectivity index (χ2v) is 4.32. The molecule has 1 aliphatic rings. The topological polar surface area (TPSA) is 79.9 Å². The van der Waals surface area contributed by atoms with E-state index in [1.807, 2.05) is 0 Å². The summed E-state index contributed by atoms with van der Waals surface area (Å²) in [5, 5.41) is 14.5. The van der Waals surface area contributed by atoms with Crippen LogP contribution in [0.25, 0.3) is 0 Å². The van der Waals surface area contributed by atoms with E-state index >= 15 is 0 Å². The first-order valence-electron chi connectivity index (χ1n) is 6.08. The van der Waals surface area contributed by atoms with Crippen LogP contribution in [0.15, 0.2) is 5.16 Å². The molecule has 1 saturated carbocycles. The Morgan fingerprint density at radius 1 is 1.38 bits per heavy atom. The molecule has 0 spiro atoms. The van der Waals surface area contributed by atoms with E-state index in [9.17, 15) is 0 Å². The standard InChI is InChI=1S/C11H23N3O2/c12-11(14-15)3-1-6-13-7-2-8-16-9-10-4-5-10/h10,13,15H,1-9H2,(H2,12,14). The SMILES string of the molecule is NC(CCCNCCCOCC1CC1)=NO. The van der Waals surface area contributed by atoms with Crippen molar-refractivity contribution in [2.24, 2.45) is 16.8 Å². The lowest BCUT2D eigenvalue weighted by molar-refractivity contribution is 0.122. The Morgan fingerprint density at radius 3 is 2.81 bits per heavy atom. The zero-order valence-electron chi connectivity index (χ0n) is 9.82. The van der Waals surface area contributed by atoms with Crippen LogP contribution in [-0.2, 0) is 4.74 Å². The average Bonchev–Trinajstić information content (AvgIpc) is 3.10. The van der Waals surface area contributed by atoms with E-state index in [1.165, 1.54) is 12.8 Å². The number of nitrogens with two attached hydrogens (primary N) is 1. The molecule has 0 atom stereocenters. The van der Waals surface area contributed by atoms with Crippen molar-refractivity contribution in [2.45, 2.75) is 32.1 Å². The molecule has 1 rings (SSSR count). The number of amidine groups is 1. The number of nitrogens with one attached hydrogen (secondary N) is 1. The van der Waals surface area contributed by atoms with Crippen molar-refractivity contribution in [3.8, 4) is 0 Å². The van der Waals surface area contributed by atoms with Gasteiger partial charge in [-0.3, -0.25) is 0 Å². The Labute approximate surface area is 97.0 Å². The lowest BCUT2D eigenvalue weighted by Crippen LogP contribution is -2.20. The Hall–Kier alpha value is -0.810. The molecular weight excluding hydrogens is 206 g/mol. The molecule has 0 bridgehead atoms. The van der Waals surface area contributed by atoms with Gasteiger partial charge in [-0.05, 0) is 44.7 Å². The van der Waals surface area contributed by atoms with Gasteiger partial charge in [-0.2, -0.15) is 0 Å². The third kappa shape index (κ3) is 7.48. The van der Waals surface area contributed by atoms with Crippen LogP contribution in [0.4, 0.5) is 0 Å². The molecule has 94 valence electrons. The first-order valence-corrected chi connectivity index (χ1v) is 6.08. The summed E-state index contributed by atoms with van der Waals surface area (Å²) in [6, 6.07) is 0. The molecule has 0 aromatic heterocycles. The van der Waals surface area contributed by atoms with Crippen molar-refractivity contribution in [1.82, 2.24) is 5.32 Å². The number of hydrogen-bond acceptors (Lipinski definition) is 4. The maximum atomic E-state index is 8.31. The van der Waals surface area contributed by atoms with E-state index in [0.29, 0.717) is 12.3 Å². The van der Waals surface area contributed by atoms with Gasteiger partial charge >= 0.3 is 0 Å².